The van der Waals surface area contributed by atoms with Gasteiger partial charge in [-0.3, -0.25) is 19.2 Å². The average molecular weight is 571 g/mol. The fraction of sp³-hybridized carbons (Fsp3) is 0.379. The van der Waals surface area contributed by atoms with Gasteiger partial charge in [-0.2, -0.15) is 0 Å². The molecule has 2 heterocycles. The molecule has 0 spiro atoms. The third kappa shape index (κ3) is 6.97. The molecule has 2 aromatic carbocycles. The molecule has 1 N–H and O–H groups in total. The second kappa shape index (κ2) is 12.5. The second-order valence-corrected chi connectivity index (χ2v) is 10.6. The molecule has 4 rings (SSSR count). The molecule has 1 aromatic heterocycles. The van der Waals surface area contributed by atoms with Gasteiger partial charge in [0.25, 0.3) is 0 Å². The molecule has 0 aliphatic carbocycles. The van der Waals surface area contributed by atoms with Gasteiger partial charge < -0.3 is 28.8 Å². The van der Waals surface area contributed by atoms with Gasteiger partial charge in [-0.1, -0.05) is 24.3 Å². The van der Waals surface area contributed by atoms with Crippen molar-refractivity contribution in [1.29, 1.82) is 0 Å². The Balaban J connectivity index is 1.75. The molecule has 1 aliphatic heterocycles. The van der Waals surface area contributed by atoms with E-state index < -0.39 is 54.4 Å². The second-order valence-electron chi connectivity index (χ2n) is 9.44. The number of esters is 4. The van der Waals surface area contributed by atoms with E-state index in [-0.39, 0.29) is 17.9 Å². The number of hydrogen-bond acceptors (Lipinski definition) is 11. The monoisotopic (exact) mass is 570 g/mol. The van der Waals surface area contributed by atoms with Crippen molar-refractivity contribution in [2.75, 3.05) is 6.61 Å². The molecule has 10 nitrogen and oxygen atoms in total. The minimum absolute atomic E-state index is 0.152. The van der Waals surface area contributed by atoms with Crippen molar-refractivity contribution in [3.8, 4) is 5.75 Å². The number of carbonyl (C=O) groups excluding carboxylic acids is 4. The van der Waals surface area contributed by atoms with E-state index in [1.165, 1.54) is 19.9 Å². The Kier molecular flexibility index (Phi) is 9.06. The van der Waals surface area contributed by atoms with Crippen LogP contribution < -0.4 is 0 Å². The van der Waals surface area contributed by atoms with Crippen molar-refractivity contribution in [1.82, 2.24) is 0 Å². The van der Waals surface area contributed by atoms with Crippen LogP contribution in [0.25, 0.3) is 10.1 Å². The highest BCUT2D eigenvalue weighted by molar-refractivity contribution is 7.19. The summed E-state index contributed by atoms with van der Waals surface area (Å²) in [5.74, 6) is -2.92. The van der Waals surface area contributed by atoms with Crippen LogP contribution in [-0.2, 0) is 49.3 Å². The standard InChI is InChI=1S/C29H30O10S/c1-15(30)35-14-24-27(36-16(2)31)29(38-18(4)33)28(37-17(3)32)26(39-24)22-12-19(9-10-23(22)34)11-21-13-20-7-5-6-8-25(20)40-21/h5-10,12-13,24,26-29,34H,11,14H2,1-4H3/t24-,26+,27-,28+,29+/m1/s1. The molecule has 1 aliphatic rings. The first-order valence-electron chi connectivity index (χ1n) is 12.6. The lowest BCUT2D eigenvalue weighted by atomic mass is 9.89. The van der Waals surface area contributed by atoms with Crippen LogP contribution in [0.4, 0.5) is 0 Å². The Bertz CT molecular complexity index is 1380. The van der Waals surface area contributed by atoms with Gasteiger partial charge >= 0.3 is 23.9 Å². The maximum absolute atomic E-state index is 12.2. The van der Waals surface area contributed by atoms with Gasteiger partial charge in [-0.15, -0.1) is 11.3 Å². The van der Waals surface area contributed by atoms with Crippen LogP contribution in [0.3, 0.4) is 0 Å². The summed E-state index contributed by atoms with van der Waals surface area (Å²) in [5, 5.41) is 12.0. The van der Waals surface area contributed by atoms with Crippen LogP contribution in [-0.4, -0.2) is 60.0 Å². The first-order chi connectivity index (χ1) is 19.0. The van der Waals surface area contributed by atoms with Gasteiger partial charge in [0.2, 0.25) is 0 Å². The lowest BCUT2D eigenvalue weighted by Gasteiger charge is -2.44. The summed E-state index contributed by atoms with van der Waals surface area (Å²) >= 11 is 1.65. The smallest absolute Gasteiger partial charge is 0.303 e. The molecule has 1 saturated heterocycles. The number of fused-ring (bicyclic) bond motifs is 1. The minimum Gasteiger partial charge on any atom is -0.508 e. The van der Waals surface area contributed by atoms with Crippen molar-refractivity contribution in [3.05, 3.63) is 64.5 Å². The van der Waals surface area contributed by atoms with E-state index in [0.29, 0.717) is 6.42 Å². The van der Waals surface area contributed by atoms with Gasteiger partial charge in [-0.05, 0) is 35.2 Å². The molecule has 212 valence electrons. The van der Waals surface area contributed by atoms with Crippen molar-refractivity contribution in [2.45, 2.75) is 64.6 Å². The number of thiophene rings is 1. The molecular formula is C29H30O10S. The largest absolute Gasteiger partial charge is 0.508 e. The first kappa shape index (κ1) is 29.0. The Morgan fingerprint density at radius 3 is 2.12 bits per heavy atom. The van der Waals surface area contributed by atoms with E-state index in [4.69, 9.17) is 23.7 Å². The van der Waals surface area contributed by atoms with Gasteiger partial charge in [-0.25, -0.2) is 0 Å². The third-order valence-electron chi connectivity index (χ3n) is 6.24. The Morgan fingerprint density at radius 2 is 1.48 bits per heavy atom. The molecule has 0 unspecified atom stereocenters. The van der Waals surface area contributed by atoms with E-state index in [1.54, 1.807) is 23.5 Å². The lowest BCUT2D eigenvalue weighted by Crippen LogP contribution is -2.59. The maximum Gasteiger partial charge on any atom is 0.303 e. The molecule has 0 bridgehead atoms. The predicted molar refractivity (Wildman–Crippen MR) is 144 cm³/mol. The normalized spacial score (nSPS) is 22.4. The van der Waals surface area contributed by atoms with Crippen molar-refractivity contribution in [3.63, 3.8) is 0 Å². The van der Waals surface area contributed by atoms with Crippen LogP contribution in [0.5, 0.6) is 5.75 Å². The van der Waals surface area contributed by atoms with Gasteiger partial charge in [0, 0.05) is 49.3 Å². The molecule has 5 atom stereocenters. The zero-order valence-electron chi connectivity index (χ0n) is 22.4. The van der Waals surface area contributed by atoms with E-state index in [2.05, 4.69) is 6.07 Å². The zero-order chi connectivity index (χ0) is 29.0. The Hall–Kier alpha value is -3.96. The number of ether oxygens (including phenoxy) is 5. The number of aromatic hydroxyl groups is 1. The van der Waals surface area contributed by atoms with Gasteiger partial charge in [0.05, 0.1) is 0 Å². The summed E-state index contributed by atoms with van der Waals surface area (Å²) in [6.45, 7) is 4.34. The summed E-state index contributed by atoms with van der Waals surface area (Å²) in [6, 6.07) is 15.1. The molecule has 0 radical (unpaired) electrons. The predicted octanol–water partition coefficient (Wildman–Crippen LogP) is 4.00. The van der Waals surface area contributed by atoms with E-state index in [1.807, 2.05) is 24.3 Å². The van der Waals surface area contributed by atoms with Crippen LogP contribution in [0.15, 0.2) is 48.5 Å². The Morgan fingerprint density at radius 1 is 0.825 bits per heavy atom. The first-order valence-corrected chi connectivity index (χ1v) is 13.4. The van der Waals surface area contributed by atoms with E-state index >= 15 is 0 Å². The van der Waals surface area contributed by atoms with E-state index in [0.717, 1.165) is 34.4 Å². The molecule has 0 amide bonds. The number of hydrogen-bond donors (Lipinski definition) is 1. The quantitative estimate of drug-likeness (QED) is 0.313. The summed E-state index contributed by atoms with van der Waals surface area (Å²) in [5.41, 5.74) is 1.10. The summed E-state index contributed by atoms with van der Waals surface area (Å²) in [7, 11) is 0. The summed E-state index contributed by atoms with van der Waals surface area (Å²) in [6.07, 6.45) is -5.62. The SMILES string of the molecule is CC(=O)OC[C@H]1O[C@@H](c2cc(Cc3cc4ccccc4s3)ccc2O)[C@H](OC(C)=O)[C@@H](OC(C)=O)[C@@H]1OC(C)=O. The Labute approximate surface area is 234 Å². The van der Waals surface area contributed by atoms with Crippen LogP contribution in [0.1, 0.15) is 49.8 Å². The molecule has 1 fully saturated rings. The molecule has 3 aromatic rings. The van der Waals surface area contributed by atoms with Gasteiger partial charge in [0.15, 0.2) is 18.3 Å². The maximum atomic E-state index is 12.2. The highest BCUT2D eigenvalue weighted by Crippen LogP contribution is 2.41. The van der Waals surface area contributed by atoms with E-state index in [9.17, 15) is 24.3 Å². The fourth-order valence-electron chi connectivity index (χ4n) is 4.75. The lowest BCUT2D eigenvalue weighted by molar-refractivity contribution is -0.254. The number of phenols is 1. The summed E-state index contributed by atoms with van der Waals surface area (Å²) in [4.78, 5) is 48.9. The highest BCUT2D eigenvalue weighted by Gasteiger charge is 2.53. The average Bonchev–Trinajstić information content (AvgIpc) is 3.28. The zero-order valence-corrected chi connectivity index (χ0v) is 23.3. The number of phenolic OH excluding ortho intramolecular Hbond substituents is 1. The molecule has 0 saturated carbocycles. The topological polar surface area (TPSA) is 135 Å². The highest BCUT2D eigenvalue weighted by atomic mass is 32.1. The molecule has 40 heavy (non-hydrogen) atoms. The van der Waals surface area contributed by atoms with Crippen LogP contribution in [0, 0.1) is 0 Å². The van der Waals surface area contributed by atoms with Crippen molar-refractivity contribution in [2.24, 2.45) is 0 Å². The van der Waals surface area contributed by atoms with Crippen LogP contribution in [0.2, 0.25) is 0 Å². The van der Waals surface area contributed by atoms with Gasteiger partial charge in [0.1, 0.15) is 24.6 Å². The number of benzene rings is 2. The van der Waals surface area contributed by atoms with Crippen LogP contribution >= 0.6 is 11.3 Å². The third-order valence-corrected chi connectivity index (χ3v) is 7.36. The summed E-state index contributed by atoms with van der Waals surface area (Å²) < 4.78 is 29.0. The number of rotatable bonds is 8. The van der Waals surface area contributed by atoms with Crippen molar-refractivity contribution < 1.29 is 48.0 Å². The fourth-order valence-corrected chi connectivity index (χ4v) is 5.84. The van der Waals surface area contributed by atoms with Crippen molar-refractivity contribution >= 4 is 45.3 Å². The minimum atomic E-state index is -1.32. The number of carbonyl (C=O) groups is 4. The molecular weight excluding hydrogens is 540 g/mol. The molecule has 11 heteroatoms.